The van der Waals surface area contributed by atoms with Crippen LogP contribution in [0.25, 0.3) is 0 Å². The van der Waals surface area contributed by atoms with Gasteiger partial charge in [-0.1, -0.05) is 6.58 Å². The zero-order valence-electron chi connectivity index (χ0n) is 6.59. The van der Waals surface area contributed by atoms with Crippen LogP contribution in [0.2, 0.25) is 0 Å². The van der Waals surface area contributed by atoms with Crippen LogP contribution in [0.15, 0.2) is 12.2 Å². The molecule has 0 bridgehead atoms. The number of rotatable bonds is 4. The first kappa shape index (κ1) is 13.0. The third kappa shape index (κ3) is 7.29. The average molecular weight is 175 g/mol. The van der Waals surface area contributed by atoms with Crippen LogP contribution in [-0.4, -0.2) is 10.9 Å². The van der Waals surface area contributed by atoms with Crippen molar-refractivity contribution in [3.05, 3.63) is 12.2 Å². The molecule has 0 radical (unpaired) electrons. The third-order valence-electron chi connectivity index (χ3n) is 1.04. The van der Waals surface area contributed by atoms with Gasteiger partial charge in [-0.25, -0.2) is 0 Å². The van der Waals surface area contributed by atoms with Gasteiger partial charge < -0.3 is 6.15 Å². The molecule has 0 aliphatic carbocycles. The molecule has 3 nitrogen and oxygen atoms in total. The van der Waals surface area contributed by atoms with Crippen LogP contribution in [0.5, 0.6) is 0 Å². The summed E-state index contributed by atoms with van der Waals surface area (Å²) in [6.07, 6.45) is 0.437. The van der Waals surface area contributed by atoms with Gasteiger partial charge in [-0.3, -0.25) is 9.59 Å². The normalized spacial score (nSPS) is 8.18. The Bertz CT molecular complexity index is 177. The maximum atomic E-state index is 10.8. The molecule has 4 heteroatoms. The van der Waals surface area contributed by atoms with E-state index in [1.165, 1.54) is 0 Å². The molecule has 11 heavy (non-hydrogen) atoms. The number of thiol groups is 1. The first-order valence-corrected chi connectivity index (χ1v) is 3.39. The van der Waals surface area contributed by atoms with E-state index in [0.29, 0.717) is 5.57 Å². The summed E-state index contributed by atoms with van der Waals surface area (Å²) in [5, 5.41) is -0.255. The van der Waals surface area contributed by atoms with Crippen LogP contribution < -0.4 is 6.15 Å². The minimum absolute atomic E-state index is 0. The minimum Gasteiger partial charge on any atom is -0.344 e. The van der Waals surface area contributed by atoms with Crippen molar-refractivity contribution in [2.24, 2.45) is 0 Å². The first-order valence-electron chi connectivity index (χ1n) is 2.94. The summed E-state index contributed by atoms with van der Waals surface area (Å²) in [7, 11) is 0. The topological polar surface area (TPSA) is 69.1 Å². The van der Waals surface area contributed by atoms with Crippen molar-refractivity contribution >= 4 is 23.5 Å². The summed E-state index contributed by atoms with van der Waals surface area (Å²) >= 11 is 3.52. The molecule has 0 rings (SSSR count). The highest BCUT2D eigenvalue weighted by molar-refractivity contribution is 7.96. The summed E-state index contributed by atoms with van der Waals surface area (Å²) in [6, 6.07) is 0. The first-order chi connectivity index (χ1) is 4.54. The third-order valence-corrected chi connectivity index (χ3v) is 1.27. The van der Waals surface area contributed by atoms with Gasteiger partial charge in [-0.15, -0.1) is 12.6 Å². The van der Waals surface area contributed by atoms with E-state index in [-0.39, 0.29) is 29.9 Å². The molecule has 0 saturated heterocycles. The fourth-order valence-corrected chi connectivity index (χ4v) is 0.546. The Morgan fingerprint density at radius 3 is 2.09 bits per heavy atom. The van der Waals surface area contributed by atoms with Crippen LogP contribution >= 0.6 is 12.6 Å². The zero-order chi connectivity index (χ0) is 8.15. The van der Waals surface area contributed by atoms with Crippen molar-refractivity contribution in [1.82, 2.24) is 6.15 Å². The van der Waals surface area contributed by atoms with Crippen molar-refractivity contribution < 1.29 is 9.59 Å². The molecule has 0 amide bonds. The van der Waals surface area contributed by atoms with Crippen molar-refractivity contribution in [2.45, 2.75) is 19.8 Å². The Morgan fingerprint density at radius 2 is 1.82 bits per heavy atom. The van der Waals surface area contributed by atoms with Gasteiger partial charge in [0, 0.05) is 12.8 Å². The Hall–Kier alpha value is -0.610. The number of Topliss-reactive ketones (excluding diaryl/α,β-unsaturated/α-hetero) is 1. The minimum atomic E-state index is -0.255. The van der Waals surface area contributed by atoms with Crippen molar-refractivity contribution in [1.29, 1.82) is 0 Å². The van der Waals surface area contributed by atoms with Gasteiger partial charge in [-0.2, -0.15) is 0 Å². The molecule has 0 aromatic rings. The van der Waals surface area contributed by atoms with Gasteiger partial charge in [0.05, 0.1) is 0 Å². The summed E-state index contributed by atoms with van der Waals surface area (Å²) < 4.78 is 0. The van der Waals surface area contributed by atoms with E-state index in [2.05, 4.69) is 19.2 Å². The Kier molecular flexibility index (Phi) is 7.24. The zero-order valence-corrected chi connectivity index (χ0v) is 7.49. The number of allylic oxidation sites excluding steroid dienone is 1. The monoisotopic (exact) mass is 175 g/mol. The lowest BCUT2D eigenvalue weighted by atomic mass is 10.1. The molecule has 0 aromatic heterocycles. The number of carbonyl (C=O) groups excluding carboxylic acids is 2. The van der Waals surface area contributed by atoms with Crippen molar-refractivity contribution in [3.63, 3.8) is 0 Å². The number of carbonyl (C=O) groups is 2. The predicted molar refractivity (Wildman–Crippen MR) is 48.1 cm³/mol. The molecule has 0 unspecified atom stereocenters. The van der Waals surface area contributed by atoms with Gasteiger partial charge in [-0.05, 0) is 12.5 Å². The Balaban J connectivity index is 0. The molecular formula is C7H13NO2S. The number of ketones is 1. The molecule has 0 spiro atoms. The van der Waals surface area contributed by atoms with Crippen LogP contribution in [0.1, 0.15) is 19.8 Å². The van der Waals surface area contributed by atoms with Gasteiger partial charge >= 0.3 is 0 Å². The van der Waals surface area contributed by atoms with Gasteiger partial charge in [0.15, 0.2) is 10.9 Å². The lowest BCUT2D eigenvalue weighted by molar-refractivity contribution is -0.118. The smallest absolute Gasteiger partial charge is 0.186 e. The maximum absolute atomic E-state index is 10.8. The van der Waals surface area contributed by atoms with E-state index >= 15 is 0 Å². The number of hydrogen-bond acceptors (Lipinski definition) is 3. The largest absolute Gasteiger partial charge is 0.344 e. The Labute approximate surface area is 71.9 Å². The molecular weight excluding hydrogens is 162 g/mol. The molecule has 0 atom stereocenters. The van der Waals surface area contributed by atoms with Gasteiger partial charge in [0.1, 0.15) is 0 Å². The van der Waals surface area contributed by atoms with E-state index in [1.807, 2.05) is 0 Å². The quantitative estimate of drug-likeness (QED) is 0.503. The summed E-state index contributed by atoms with van der Waals surface area (Å²) in [5.41, 5.74) is 0.495. The molecule has 0 saturated carbocycles. The highest BCUT2D eigenvalue weighted by Crippen LogP contribution is 2.00. The van der Waals surface area contributed by atoms with Gasteiger partial charge in [0.25, 0.3) is 0 Å². The molecule has 0 heterocycles. The number of hydrogen-bond donors (Lipinski definition) is 2. The highest BCUT2D eigenvalue weighted by atomic mass is 32.1. The van der Waals surface area contributed by atoms with Crippen molar-refractivity contribution in [3.8, 4) is 0 Å². The Morgan fingerprint density at radius 1 is 1.36 bits per heavy atom. The van der Waals surface area contributed by atoms with E-state index in [4.69, 9.17) is 0 Å². The fraction of sp³-hybridized carbons (Fsp3) is 0.429. The van der Waals surface area contributed by atoms with E-state index in [0.717, 1.165) is 0 Å². The lowest BCUT2D eigenvalue weighted by Crippen LogP contribution is -2.00. The standard InChI is InChI=1S/C7H10O2S.H3N/c1-5(2)6(8)3-4-7(9)10;/h1,3-4H2,2H3,(H,9,10);1H3. The lowest BCUT2D eigenvalue weighted by Gasteiger charge is -1.94. The molecule has 0 aliphatic heterocycles. The second-order valence-electron chi connectivity index (χ2n) is 2.10. The van der Waals surface area contributed by atoms with Crippen LogP contribution in [0.3, 0.4) is 0 Å². The van der Waals surface area contributed by atoms with Crippen molar-refractivity contribution in [2.75, 3.05) is 0 Å². The summed E-state index contributed by atoms with van der Waals surface area (Å²) in [6.45, 7) is 5.08. The maximum Gasteiger partial charge on any atom is 0.186 e. The summed E-state index contributed by atoms with van der Waals surface area (Å²) in [5.74, 6) is -0.0672. The van der Waals surface area contributed by atoms with Crippen LogP contribution in [0, 0.1) is 0 Å². The summed E-state index contributed by atoms with van der Waals surface area (Å²) in [4.78, 5) is 21.0. The van der Waals surface area contributed by atoms with Crippen LogP contribution in [-0.2, 0) is 9.59 Å². The van der Waals surface area contributed by atoms with E-state index in [9.17, 15) is 9.59 Å². The van der Waals surface area contributed by atoms with E-state index < -0.39 is 0 Å². The fourth-order valence-electron chi connectivity index (χ4n) is 0.434. The second-order valence-corrected chi connectivity index (χ2v) is 2.60. The molecule has 0 fully saturated rings. The van der Waals surface area contributed by atoms with Crippen LogP contribution in [0.4, 0.5) is 0 Å². The highest BCUT2D eigenvalue weighted by Gasteiger charge is 2.03. The average Bonchev–Trinajstić information content (AvgIpc) is 1.82. The predicted octanol–water partition coefficient (Wildman–Crippen LogP) is 1.53. The SMILES string of the molecule is C=C(C)C(=O)CCC(=O)S.N. The molecule has 0 aliphatic rings. The van der Waals surface area contributed by atoms with E-state index in [1.54, 1.807) is 6.92 Å². The second kappa shape index (κ2) is 6.12. The van der Waals surface area contributed by atoms with Gasteiger partial charge in [0.2, 0.25) is 0 Å². The molecule has 64 valence electrons. The molecule has 3 N–H and O–H groups in total. The molecule has 0 aromatic carbocycles.